The predicted octanol–water partition coefficient (Wildman–Crippen LogP) is 2.84. The molecule has 0 heterocycles. The monoisotopic (exact) mass is 294 g/mol. The Morgan fingerprint density at radius 3 is 2.71 bits per heavy atom. The molecule has 21 heavy (non-hydrogen) atoms. The molecular weight excluding hydrogens is 267 g/mol. The van der Waals surface area contributed by atoms with Gasteiger partial charge < -0.3 is 10.8 Å². The van der Waals surface area contributed by atoms with Crippen molar-refractivity contribution in [2.45, 2.75) is 63.3 Å². The van der Waals surface area contributed by atoms with Crippen LogP contribution in [-0.2, 0) is 0 Å². The Hall–Kier alpha value is -0.970. The molecule has 0 radical (unpaired) electrons. The maximum atomic E-state index is 13.6. The molecule has 0 amide bonds. The van der Waals surface area contributed by atoms with E-state index in [1.54, 1.807) is 12.1 Å². The Balaban J connectivity index is 2.26. The molecule has 1 fully saturated rings. The van der Waals surface area contributed by atoms with Crippen LogP contribution in [0.1, 0.15) is 50.6 Å². The zero-order valence-electron chi connectivity index (χ0n) is 13.0. The molecule has 3 nitrogen and oxygen atoms in total. The van der Waals surface area contributed by atoms with E-state index in [0.717, 1.165) is 37.7 Å². The molecule has 1 saturated carbocycles. The lowest BCUT2D eigenvalue weighted by molar-refractivity contribution is 0.00639. The Kier molecular flexibility index (Phi) is 5.73. The first-order valence-electron chi connectivity index (χ1n) is 7.95. The van der Waals surface area contributed by atoms with Crippen molar-refractivity contribution in [3.05, 3.63) is 35.6 Å². The first kappa shape index (κ1) is 16.4. The van der Waals surface area contributed by atoms with Crippen LogP contribution in [-0.4, -0.2) is 35.2 Å². The summed E-state index contributed by atoms with van der Waals surface area (Å²) in [6.45, 7) is 2.04. The third kappa shape index (κ3) is 3.82. The summed E-state index contributed by atoms with van der Waals surface area (Å²) in [5, 5.41) is 10.3. The molecule has 2 rings (SSSR count). The summed E-state index contributed by atoms with van der Waals surface area (Å²) in [6, 6.07) is 6.62. The molecule has 4 unspecified atom stereocenters. The van der Waals surface area contributed by atoms with Crippen LogP contribution >= 0.6 is 0 Å². The van der Waals surface area contributed by atoms with E-state index in [4.69, 9.17) is 5.73 Å². The maximum absolute atomic E-state index is 13.6. The van der Waals surface area contributed by atoms with Gasteiger partial charge in [-0.2, -0.15) is 0 Å². The largest absolute Gasteiger partial charge is 0.391 e. The second kappa shape index (κ2) is 7.34. The van der Waals surface area contributed by atoms with Crippen molar-refractivity contribution < 1.29 is 9.50 Å². The Morgan fingerprint density at radius 1 is 1.38 bits per heavy atom. The fourth-order valence-corrected chi connectivity index (χ4v) is 3.47. The Bertz CT molecular complexity index is 454. The molecule has 4 atom stereocenters. The van der Waals surface area contributed by atoms with Crippen LogP contribution in [0.4, 0.5) is 4.39 Å². The van der Waals surface area contributed by atoms with Gasteiger partial charge in [-0.1, -0.05) is 31.9 Å². The van der Waals surface area contributed by atoms with E-state index >= 15 is 0 Å². The number of halogens is 1. The number of likely N-dealkylation sites (N-methyl/N-ethyl adjacent to an activating group) is 1. The molecule has 0 bridgehead atoms. The molecule has 1 aromatic carbocycles. The van der Waals surface area contributed by atoms with Gasteiger partial charge in [0, 0.05) is 12.1 Å². The first-order chi connectivity index (χ1) is 10.0. The quantitative estimate of drug-likeness (QED) is 0.878. The average Bonchev–Trinajstić information content (AvgIpc) is 2.47. The van der Waals surface area contributed by atoms with Crippen LogP contribution in [0.15, 0.2) is 24.3 Å². The smallest absolute Gasteiger partial charge is 0.123 e. The van der Waals surface area contributed by atoms with E-state index < -0.39 is 0 Å². The topological polar surface area (TPSA) is 49.5 Å². The summed E-state index contributed by atoms with van der Waals surface area (Å²) in [7, 11) is 2.00. The highest BCUT2D eigenvalue weighted by Crippen LogP contribution is 2.31. The third-order valence-corrected chi connectivity index (χ3v) is 4.72. The van der Waals surface area contributed by atoms with Gasteiger partial charge in [-0.15, -0.1) is 0 Å². The second-order valence-corrected chi connectivity index (χ2v) is 6.16. The summed E-state index contributed by atoms with van der Waals surface area (Å²) in [5.74, 6) is -0.238. The standard InChI is InChI=1S/C17H27FN2O/c1-3-14(19)17(12-7-6-8-13(18)11-12)20(2)15-9-4-5-10-16(15)21/h6-8,11,14-17,21H,3-5,9-10,19H2,1-2H3. The number of rotatable bonds is 5. The summed E-state index contributed by atoms with van der Waals surface area (Å²) >= 11 is 0. The van der Waals surface area contributed by atoms with Gasteiger partial charge in [-0.05, 0) is 44.0 Å². The van der Waals surface area contributed by atoms with Gasteiger partial charge in [0.1, 0.15) is 5.82 Å². The van der Waals surface area contributed by atoms with E-state index in [0.29, 0.717) is 0 Å². The van der Waals surface area contributed by atoms with E-state index in [1.165, 1.54) is 6.07 Å². The van der Waals surface area contributed by atoms with Crippen molar-refractivity contribution in [2.75, 3.05) is 7.05 Å². The zero-order chi connectivity index (χ0) is 15.4. The van der Waals surface area contributed by atoms with Crippen molar-refractivity contribution in [1.29, 1.82) is 0 Å². The van der Waals surface area contributed by atoms with E-state index in [1.807, 2.05) is 20.0 Å². The van der Waals surface area contributed by atoms with Crippen molar-refractivity contribution in [3.63, 3.8) is 0 Å². The number of benzene rings is 1. The van der Waals surface area contributed by atoms with E-state index in [-0.39, 0.29) is 30.0 Å². The lowest BCUT2D eigenvalue weighted by atomic mass is 9.88. The molecule has 0 saturated heterocycles. The van der Waals surface area contributed by atoms with Crippen LogP contribution in [0, 0.1) is 5.82 Å². The van der Waals surface area contributed by atoms with E-state index in [2.05, 4.69) is 4.90 Å². The Labute approximate surface area is 126 Å². The van der Waals surface area contributed by atoms with Crippen LogP contribution < -0.4 is 5.73 Å². The minimum atomic E-state index is -0.316. The molecule has 1 aliphatic rings. The van der Waals surface area contributed by atoms with Gasteiger partial charge >= 0.3 is 0 Å². The fraction of sp³-hybridized carbons (Fsp3) is 0.647. The van der Waals surface area contributed by atoms with Crippen LogP contribution in [0.25, 0.3) is 0 Å². The second-order valence-electron chi connectivity index (χ2n) is 6.16. The highest BCUT2D eigenvalue weighted by atomic mass is 19.1. The number of hydrogen-bond donors (Lipinski definition) is 2. The summed E-state index contributed by atoms with van der Waals surface area (Å²) in [6.07, 6.45) is 4.52. The molecule has 0 aliphatic heterocycles. The minimum Gasteiger partial charge on any atom is -0.391 e. The normalized spacial score (nSPS) is 25.8. The van der Waals surface area contributed by atoms with Crippen LogP contribution in [0.3, 0.4) is 0 Å². The molecule has 3 N–H and O–H groups in total. The zero-order valence-corrected chi connectivity index (χ0v) is 13.0. The molecule has 0 spiro atoms. The fourth-order valence-electron chi connectivity index (χ4n) is 3.47. The average molecular weight is 294 g/mol. The van der Waals surface area contributed by atoms with Crippen molar-refractivity contribution in [1.82, 2.24) is 4.90 Å². The number of hydrogen-bond acceptors (Lipinski definition) is 3. The number of nitrogens with zero attached hydrogens (tertiary/aromatic N) is 1. The highest BCUT2D eigenvalue weighted by molar-refractivity contribution is 5.22. The summed E-state index contributed by atoms with van der Waals surface area (Å²) < 4.78 is 13.6. The number of aliphatic hydroxyl groups is 1. The van der Waals surface area contributed by atoms with Gasteiger partial charge in [0.15, 0.2) is 0 Å². The van der Waals surface area contributed by atoms with Crippen molar-refractivity contribution in [3.8, 4) is 0 Å². The van der Waals surface area contributed by atoms with Gasteiger partial charge in [0.25, 0.3) is 0 Å². The van der Waals surface area contributed by atoms with Crippen LogP contribution in [0.2, 0.25) is 0 Å². The number of nitrogens with two attached hydrogens (primary N) is 1. The minimum absolute atomic E-state index is 0.0663. The van der Waals surface area contributed by atoms with Gasteiger partial charge in [-0.3, -0.25) is 4.90 Å². The van der Waals surface area contributed by atoms with Gasteiger partial charge in [-0.25, -0.2) is 4.39 Å². The Morgan fingerprint density at radius 2 is 2.10 bits per heavy atom. The predicted molar refractivity (Wildman–Crippen MR) is 83.4 cm³/mol. The maximum Gasteiger partial charge on any atom is 0.123 e. The molecule has 0 aromatic heterocycles. The van der Waals surface area contributed by atoms with Gasteiger partial charge in [0.05, 0.1) is 12.1 Å². The molecule has 1 aromatic rings. The van der Waals surface area contributed by atoms with E-state index in [9.17, 15) is 9.50 Å². The molecule has 118 valence electrons. The van der Waals surface area contributed by atoms with Crippen molar-refractivity contribution >= 4 is 0 Å². The third-order valence-electron chi connectivity index (χ3n) is 4.72. The summed E-state index contributed by atoms with van der Waals surface area (Å²) in [4.78, 5) is 2.16. The molecule has 4 heteroatoms. The van der Waals surface area contributed by atoms with Crippen molar-refractivity contribution in [2.24, 2.45) is 5.73 Å². The lowest BCUT2D eigenvalue weighted by Crippen LogP contribution is -2.49. The molecular formula is C17H27FN2O. The summed E-state index contributed by atoms with van der Waals surface area (Å²) in [5.41, 5.74) is 7.20. The van der Waals surface area contributed by atoms with Crippen LogP contribution in [0.5, 0.6) is 0 Å². The lowest BCUT2D eigenvalue weighted by Gasteiger charge is -2.42. The SMILES string of the molecule is CCC(N)C(c1cccc(F)c1)N(C)C1CCCCC1O. The number of aliphatic hydroxyl groups excluding tert-OH is 1. The van der Waals surface area contributed by atoms with Gasteiger partial charge in [0.2, 0.25) is 0 Å². The first-order valence-corrected chi connectivity index (χ1v) is 7.95. The highest BCUT2D eigenvalue weighted by Gasteiger charge is 2.33. The molecule has 1 aliphatic carbocycles.